The van der Waals surface area contributed by atoms with Crippen molar-refractivity contribution >= 4 is 15.9 Å². The molecule has 0 amide bonds. The predicted octanol–water partition coefficient (Wildman–Crippen LogP) is 3.45. The molecule has 0 aromatic carbocycles. The maximum Gasteiger partial charge on any atom is 0.0738 e. The van der Waals surface area contributed by atoms with Crippen LogP contribution < -0.4 is 0 Å². The Labute approximate surface area is 93.8 Å². The molecular formula is C11H17BrN2. The number of hydrogen-bond donors (Lipinski definition) is 0. The topological polar surface area (TPSA) is 17.8 Å². The first-order valence-corrected chi connectivity index (χ1v) is 6.17. The molecule has 3 heteroatoms. The molecule has 0 saturated heterocycles. The summed E-state index contributed by atoms with van der Waals surface area (Å²) in [5.74, 6) is 0.970. The second-order valence-electron chi connectivity index (χ2n) is 4.29. The van der Waals surface area contributed by atoms with Crippen LogP contribution >= 0.6 is 15.9 Å². The lowest BCUT2D eigenvalue weighted by molar-refractivity contribution is 0.277. The molecule has 0 radical (unpaired) electrons. The average molecular weight is 257 g/mol. The minimum atomic E-state index is 0.970. The molecule has 0 N–H and O–H groups in total. The fourth-order valence-corrected chi connectivity index (χ4v) is 2.26. The van der Waals surface area contributed by atoms with Crippen molar-refractivity contribution in [1.29, 1.82) is 0 Å². The zero-order valence-electron chi connectivity index (χ0n) is 8.89. The maximum atomic E-state index is 4.51. The second kappa shape index (κ2) is 4.05. The van der Waals surface area contributed by atoms with E-state index in [9.17, 15) is 0 Å². The largest absolute Gasteiger partial charge is 0.268 e. The number of nitrogens with zero attached hydrogens (tertiary/aromatic N) is 2. The van der Waals surface area contributed by atoms with E-state index in [-0.39, 0.29) is 0 Å². The summed E-state index contributed by atoms with van der Waals surface area (Å²) in [5.41, 5.74) is 2.37. The van der Waals surface area contributed by atoms with Crippen LogP contribution in [0, 0.1) is 19.8 Å². The Morgan fingerprint density at radius 3 is 2.57 bits per heavy atom. The van der Waals surface area contributed by atoms with Gasteiger partial charge in [-0.15, -0.1) is 0 Å². The molecule has 1 aromatic rings. The number of aromatic nitrogens is 2. The zero-order valence-corrected chi connectivity index (χ0v) is 10.5. The van der Waals surface area contributed by atoms with Gasteiger partial charge in [0.25, 0.3) is 0 Å². The first kappa shape index (κ1) is 10.2. The van der Waals surface area contributed by atoms with E-state index >= 15 is 0 Å². The normalized spacial score (nSPS) is 17.1. The van der Waals surface area contributed by atoms with Crippen LogP contribution in [-0.4, -0.2) is 9.78 Å². The van der Waals surface area contributed by atoms with Gasteiger partial charge >= 0.3 is 0 Å². The number of rotatable bonds is 3. The highest BCUT2D eigenvalue weighted by atomic mass is 79.9. The van der Waals surface area contributed by atoms with E-state index in [1.165, 1.54) is 35.8 Å². The van der Waals surface area contributed by atoms with Gasteiger partial charge in [-0.05, 0) is 42.1 Å². The average Bonchev–Trinajstić information content (AvgIpc) is 2.31. The highest BCUT2D eigenvalue weighted by Crippen LogP contribution is 2.30. The van der Waals surface area contributed by atoms with Gasteiger partial charge in [0, 0.05) is 12.2 Å². The third-order valence-corrected chi connectivity index (χ3v) is 4.41. The van der Waals surface area contributed by atoms with Crippen LogP contribution in [0.25, 0.3) is 0 Å². The molecule has 1 aliphatic rings. The van der Waals surface area contributed by atoms with Crippen LogP contribution in [0.5, 0.6) is 0 Å². The molecule has 0 aliphatic heterocycles. The summed E-state index contributed by atoms with van der Waals surface area (Å²) in [4.78, 5) is 0. The quantitative estimate of drug-likeness (QED) is 0.810. The monoisotopic (exact) mass is 256 g/mol. The van der Waals surface area contributed by atoms with Crippen molar-refractivity contribution in [2.24, 2.45) is 5.92 Å². The third kappa shape index (κ3) is 1.88. The second-order valence-corrected chi connectivity index (χ2v) is 5.09. The maximum absolute atomic E-state index is 4.51. The Balaban J connectivity index is 1.97. The predicted molar refractivity (Wildman–Crippen MR) is 61.4 cm³/mol. The fourth-order valence-electron chi connectivity index (χ4n) is 1.98. The minimum absolute atomic E-state index is 0.970. The van der Waals surface area contributed by atoms with Crippen LogP contribution in [0.15, 0.2) is 4.47 Å². The van der Waals surface area contributed by atoms with Crippen molar-refractivity contribution in [2.75, 3.05) is 0 Å². The Hall–Kier alpha value is -0.310. The molecule has 14 heavy (non-hydrogen) atoms. The van der Waals surface area contributed by atoms with E-state index in [4.69, 9.17) is 0 Å². The molecule has 78 valence electrons. The van der Waals surface area contributed by atoms with Gasteiger partial charge in [-0.1, -0.05) is 19.3 Å². The minimum Gasteiger partial charge on any atom is -0.268 e. The van der Waals surface area contributed by atoms with Gasteiger partial charge in [0.1, 0.15) is 0 Å². The fraction of sp³-hybridized carbons (Fsp3) is 0.727. The first-order chi connectivity index (χ1) is 6.68. The SMILES string of the molecule is Cc1nn(CCC2CCC2)c(C)c1Br. The molecular weight excluding hydrogens is 240 g/mol. The first-order valence-electron chi connectivity index (χ1n) is 5.38. The van der Waals surface area contributed by atoms with Gasteiger partial charge in [-0.25, -0.2) is 0 Å². The molecule has 1 fully saturated rings. The Kier molecular flexibility index (Phi) is 2.96. The molecule has 1 heterocycles. The third-order valence-electron chi connectivity index (χ3n) is 3.27. The van der Waals surface area contributed by atoms with Gasteiger partial charge < -0.3 is 0 Å². The summed E-state index contributed by atoms with van der Waals surface area (Å²) in [5, 5.41) is 4.51. The van der Waals surface area contributed by atoms with Crippen molar-refractivity contribution in [2.45, 2.75) is 46.1 Å². The standard InChI is InChI=1S/C11H17BrN2/c1-8-11(12)9(2)14(13-8)7-6-10-4-3-5-10/h10H,3-7H2,1-2H3. The van der Waals surface area contributed by atoms with Crippen LogP contribution in [0.4, 0.5) is 0 Å². The van der Waals surface area contributed by atoms with Crippen LogP contribution in [0.3, 0.4) is 0 Å². The van der Waals surface area contributed by atoms with E-state index in [0.29, 0.717) is 0 Å². The zero-order chi connectivity index (χ0) is 10.1. The molecule has 0 bridgehead atoms. The van der Waals surface area contributed by atoms with Crippen molar-refractivity contribution in [3.63, 3.8) is 0 Å². The molecule has 0 spiro atoms. The smallest absolute Gasteiger partial charge is 0.0738 e. The lowest BCUT2D eigenvalue weighted by Gasteiger charge is -2.25. The Bertz CT molecular complexity index is 326. The van der Waals surface area contributed by atoms with Gasteiger partial charge in [-0.3, -0.25) is 4.68 Å². The summed E-state index contributed by atoms with van der Waals surface area (Å²) in [6, 6.07) is 0. The lowest BCUT2D eigenvalue weighted by Crippen LogP contribution is -2.15. The summed E-state index contributed by atoms with van der Waals surface area (Å²) in [6.45, 7) is 5.27. The molecule has 0 atom stereocenters. The van der Waals surface area contributed by atoms with E-state index < -0.39 is 0 Å². The van der Waals surface area contributed by atoms with Gasteiger partial charge in [0.15, 0.2) is 0 Å². The lowest BCUT2D eigenvalue weighted by atomic mass is 9.83. The molecule has 1 saturated carbocycles. The number of hydrogen-bond acceptors (Lipinski definition) is 1. The number of halogens is 1. The molecule has 1 aromatic heterocycles. The Morgan fingerprint density at radius 2 is 2.14 bits per heavy atom. The van der Waals surface area contributed by atoms with Crippen LogP contribution in [-0.2, 0) is 6.54 Å². The summed E-state index contributed by atoms with van der Waals surface area (Å²) < 4.78 is 3.31. The van der Waals surface area contributed by atoms with Crippen molar-refractivity contribution in [3.05, 3.63) is 15.9 Å². The number of aryl methyl sites for hydroxylation is 2. The Morgan fingerprint density at radius 1 is 1.43 bits per heavy atom. The molecule has 0 unspecified atom stereocenters. The molecule has 2 nitrogen and oxygen atoms in total. The van der Waals surface area contributed by atoms with Crippen LogP contribution in [0.2, 0.25) is 0 Å². The van der Waals surface area contributed by atoms with Crippen LogP contribution in [0.1, 0.15) is 37.1 Å². The van der Waals surface area contributed by atoms with E-state index in [0.717, 1.165) is 18.2 Å². The van der Waals surface area contributed by atoms with E-state index in [2.05, 4.69) is 39.6 Å². The van der Waals surface area contributed by atoms with E-state index in [1.54, 1.807) is 0 Å². The molecule has 1 aliphatic carbocycles. The summed E-state index contributed by atoms with van der Waals surface area (Å²) >= 11 is 3.55. The summed E-state index contributed by atoms with van der Waals surface area (Å²) in [7, 11) is 0. The van der Waals surface area contributed by atoms with Crippen molar-refractivity contribution < 1.29 is 0 Å². The van der Waals surface area contributed by atoms with Gasteiger partial charge in [0.05, 0.1) is 10.2 Å². The van der Waals surface area contributed by atoms with Crippen molar-refractivity contribution in [1.82, 2.24) is 9.78 Å². The van der Waals surface area contributed by atoms with Gasteiger partial charge in [-0.2, -0.15) is 5.10 Å². The molecule has 2 rings (SSSR count). The van der Waals surface area contributed by atoms with Gasteiger partial charge in [0.2, 0.25) is 0 Å². The summed E-state index contributed by atoms with van der Waals surface area (Å²) in [6.07, 6.45) is 5.60. The highest BCUT2D eigenvalue weighted by molar-refractivity contribution is 9.10. The van der Waals surface area contributed by atoms with Crippen molar-refractivity contribution in [3.8, 4) is 0 Å². The van der Waals surface area contributed by atoms with E-state index in [1.807, 2.05) is 0 Å². The highest BCUT2D eigenvalue weighted by Gasteiger charge is 2.18.